The van der Waals surface area contributed by atoms with Gasteiger partial charge in [0.1, 0.15) is 5.75 Å². The number of ether oxygens (including phenoxy) is 1. The van der Waals surface area contributed by atoms with E-state index in [0.29, 0.717) is 0 Å². The summed E-state index contributed by atoms with van der Waals surface area (Å²) in [5.41, 5.74) is 0.957. The highest BCUT2D eigenvalue weighted by atomic mass is 19.3. The average molecular weight is 241 g/mol. The van der Waals surface area contributed by atoms with Gasteiger partial charge in [0.05, 0.1) is 0 Å². The number of hydrogen-bond acceptors (Lipinski definition) is 2. The molecule has 1 aromatic rings. The zero-order valence-corrected chi connectivity index (χ0v) is 9.66. The molecule has 1 N–H and O–H groups in total. The minimum Gasteiger partial charge on any atom is -0.435 e. The molecule has 0 atom stereocenters. The Bertz CT molecular complexity index is 334. The quantitative estimate of drug-likeness (QED) is 0.844. The first-order valence-corrected chi connectivity index (χ1v) is 6.03. The van der Waals surface area contributed by atoms with E-state index in [9.17, 15) is 8.78 Å². The molecule has 1 saturated carbocycles. The molecule has 0 spiro atoms. The van der Waals surface area contributed by atoms with Crippen molar-refractivity contribution in [1.82, 2.24) is 0 Å². The third-order valence-electron chi connectivity index (χ3n) is 3.15. The fourth-order valence-electron chi connectivity index (χ4n) is 2.23. The Kier molecular flexibility index (Phi) is 4.18. The molecule has 94 valence electrons. The van der Waals surface area contributed by atoms with E-state index < -0.39 is 6.61 Å². The molecule has 0 bridgehead atoms. The van der Waals surface area contributed by atoms with E-state index in [2.05, 4.69) is 10.1 Å². The summed E-state index contributed by atoms with van der Waals surface area (Å²) in [5.74, 6) is 0.957. The minimum absolute atomic E-state index is 0.200. The average Bonchev–Trinajstić information content (AvgIpc) is 2.80. The third-order valence-corrected chi connectivity index (χ3v) is 3.15. The second kappa shape index (κ2) is 5.84. The monoisotopic (exact) mass is 241 g/mol. The van der Waals surface area contributed by atoms with Crippen LogP contribution in [0.5, 0.6) is 5.75 Å². The van der Waals surface area contributed by atoms with Gasteiger partial charge in [-0.2, -0.15) is 8.78 Å². The van der Waals surface area contributed by atoms with E-state index in [0.717, 1.165) is 18.2 Å². The molecule has 1 aromatic carbocycles. The molecule has 1 aliphatic rings. The predicted octanol–water partition coefficient (Wildman–Crippen LogP) is 3.89. The van der Waals surface area contributed by atoms with Crippen LogP contribution in [0.3, 0.4) is 0 Å². The Balaban J connectivity index is 1.80. The summed E-state index contributed by atoms with van der Waals surface area (Å²) in [6.07, 6.45) is 5.24. The zero-order chi connectivity index (χ0) is 12.1. The van der Waals surface area contributed by atoms with Crippen LogP contribution >= 0.6 is 0 Å². The lowest BCUT2D eigenvalue weighted by molar-refractivity contribution is -0.0498. The topological polar surface area (TPSA) is 21.3 Å². The van der Waals surface area contributed by atoms with E-state index in [1.807, 2.05) is 0 Å². The molecule has 0 aliphatic heterocycles. The van der Waals surface area contributed by atoms with E-state index >= 15 is 0 Å². The summed E-state index contributed by atoms with van der Waals surface area (Å²) in [6.45, 7) is -1.79. The third kappa shape index (κ3) is 3.88. The Morgan fingerprint density at radius 1 is 1.18 bits per heavy atom. The molecule has 0 aromatic heterocycles. The number of anilines is 1. The van der Waals surface area contributed by atoms with Crippen LogP contribution in [0.15, 0.2) is 24.3 Å². The van der Waals surface area contributed by atoms with Crippen molar-refractivity contribution in [3.8, 4) is 5.75 Å². The minimum atomic E-state index is -2.76. The first-order valence-electron chi connectivity index (χ1n) is 6.03. The van der Waals surface area contributed by atoms with Gasteiger partial charge < -0.3 is 10.1 Å². The Hall–Kier alpha value is -1.32. The molecule has 0 radical (unpaired) electrons. The number of hydrogen-bond donors (Lipinski definition) is 1. The molecule has 0 heterocycles. The fourth-order valence-corrected chi connectivity index (χ4v) is 2.23. The van der Waals surface area contributed by atoms with Crippen molar-refractivity contribution < 1.29 is 13.5 Å². The molecule has 17 heavy (non-hydrogen) atoms. The lowest BCUT2D eigenvalue weighted by Gasteiger charge is -2.12. The van der Waals surface area contributed by atoms with Gasteiger partial charge in [0, 0.05) is 12.2 Å². The van der Waals surface area contributed by atoms with Crippen molar-refractivity contribution in [2.45, 2.75) is 32.3 Å². The lowest BCUT2D eigenvalue weighted by Crippen LogP contribution is -2.10. The van der Waals surface area contributed by atoms with Gasteiger partial charge in [0.25, 0.3) is 0 Å². The molecule has 0 unspecified atom stereocenters. The van der Waals surface area contributed by atoms with Crippen LogP contribution < -0.4 is 10.1 Å². The summed E-state index contributed by atoms with van der Waals surface area (Å²) >= 11 is 0. The number of nitrogens with one attached hydrogen (secondary N) is 1. The lowest BCUT2D eigenvalue weighted by atomic mass is 10.1. The molecule has 2 nitrogen and oxygen atoms in total. The molecule has 1 aliphatic carbocycles. The first kappa shape index (κ1) is 12.1. The van der Waals surface area contributed by atoms with Gasteiger partial charge in [-0.05, 0) is 43.0 Å². The van der Waals surface area contributed by atoms with E-state index in [1.54, 1.807) is 24.3 Å². The predicted molar refractivity (Wildman–Crippen MR) is 63.5 cm³/mol. The van der Waals surface area contributed by atoms with Gasteiger partial charge in [0.2, 0.25) is 0 Å². The van der Waals surface area contributed by atoms with Crippen LogP contribution in [-0.4, -0.2) is 13.2 Å². The van der Waals surface area contributed by atoms with Gasteiger partial charge in [-0.1, -0.05) is 12.8 Å². The van der Waals surface area contributed by atoms with Gasteiger partial charge in [-0.15, -0.1) is 0 Å². The fraction of sp³-hybridized carbons (Fsp3) is 0.538. The molecular weight excluding hydrogens is 224 g/mol. The molecule has 2 rings (SSSR count). The zero-order valence-electron chi connectivity index (χ0n) is 9.66. The van der Waals surface area contributed by atoms with E-state index in [-0.39, 0.29) is 5.75 Å². The van der Waals surface area contributed by atoms with E-state index in [4.69, 9.17) is 0 Å². The highest BCUT2D eigenvalue weighted by molar-refractivity contribution is 5.46. The number of rotatable bonds is 5. The number of benzene rings is 1. The summed E-state index contributed by atoms with van der Waals surface area (Å²) in [6, 6.07) is 6.66. The molecular formula is C13H17F2NO. The van der Waals surface area contributed by atoms with Gasteiger partial charge in [0.15, 0.2) is 0 Å². The van der Waals surface area contributed by atoms with Crippen molar-refractivity contribution >= 4 is 5.69 Å². The molecule has 4 heteroatoms. The Morgan fingerprint density at radius 2 is 1.82 bits per heavy atom. The van der Waals surface area contributed by atoms with Crippen LogP contribution in [0.25, 0.3) is 0 Å². The van der Waals surface area contributed by atoms with Crippen LogP contribution in [0, 0.1) is 5.92 Å². The Labute approximate surface area is 100.0 Å². The summed E-state index contributed by atoms with van der Waals surface area (Å²) in [7, 11) is 0. The maximum atomic E-state index is 11.9. The summed E-state index contributed by atoms with van der Waals surface area (Å²) in [4.78, 5) is 0. The standard InChI is InChI=1S/C13H17F2NO/c14-13(15)17-12-7-5-11(6-8-12)16-9-10-3-1-2-4-10/h5-8,10,13,16H,1-4,9H2. The van der Waals surface area contributed by atoms with Crippen molar-refractivity contribution in [2.24, 2.45) is 5.92 Å². The first-order chi connectivity index (χ1) is 8.24. The van der Waals surface area contributed by atoms with Gasteiger partial charge in [-0.3, -0.25) is 0 Å². The largest absolute Gasteiger partial charge is 0.435 e. The van der Waals surface area contributed by atoms with Crippen molar-refractivity contribution in [3.63, 3.8) is 0 Å². The summed E-state index contributed by atoms with van der Waals surface area (Å²) in [5, 5.41) is 3.32. The van der Waals surface area contributed by atoms with E-state index in [1.165, 1.54) is 25.7 Å². The molecule has 1 fully saturated rings. The second-order valence-corrected chi connectivity index (χ2v) is 4.43. The highest BCUT2D eigenvalue weighted by Crippen LogP contribution is 2.25. The van der Waals surface area contributed by atoms with Crippen LogP contribution in [0.1, 0.15) is 25.7 Å². The molecule has 0 amide bonds. The highest BCUT2D eigenvalue weighted by Gasteiger charge is 2.14. The maximum Gasteiger partial charge on any atom is 0.387 e. The number of alkyl halides is 2. The van der Waals surface area contributed by atoms with Gasteiger partial charge in [-0.25, -0.2) is 0 Å². The van der Waals surface area contributed by atoms with Crippen LogP contribution in [-0.2, 0) is 0 Å². The maximum absolute atomic E-state index is 11.9. The van der Waals surface area contributed by atoms with Crippen LogP contribution in [0.4, 0.5) is 14.5 Å². The van der Waals surface area contributed by atoms with Crippen molar-refractivity contribution in [1.29, 1.82) is 0 Å². The SMILES string of the molecule is FC(F)Oc1ccc(NCC2CCCC2)cc1. The smallest absolute Gasteiger partial charge is 0.387 e. The number of halogens is 2. The normalized spacial score (nSPS) is 16.4. The molecule has 0 saturated heterocycles. The Morgan fingerprint density at radius 3 is 2.41 bits per heavy atom. The summed E-state index contributed by atoms with van der Waals surface area (Å²) < 4.78 is 28.2. The second-order valence-electron chi connectivity index (χ2n) is 4.43. The van der Waals surface area contributed by atoms with Gasteiger partial charge >= 0.3 is 6.61 Å². The van der Waals surface area contributed by atoms with Crippen LogP contribution in [0.2, 0.25) is 0 Å². The van der Waals surface area contributed by atoms with Crippen molar-refractivity contribution in [3.05, 3.63) is 24.3 Å². The van der Waals surface area contributed by atoms with Crippen molar-refractivity contribution in [2.75, 3.05) is 11.9 Å².